The van der Waals surface area contributed by atoms with Crippen molar-refractivity contribution < 1.29 is 155 Å². The Morgan fingerprint density at radius 3 is 1.20 bits per heavy atom. The van der Waals surface area contributed by atoms with Gasteiger partial charge in [0.2, 0.25) is 24.0 Å². The number of aromatic hydroxyl groups is 1. The molecule has 4 aromatic heterocycles. The van der Waals surface area contributed by atoms with Gasteiger partial charge in [0.05, 0.1) is 24.9 Å². The van der Waals surface area contributed by atoms with E-state index in [0.29, 0.717) is 41.5 Å². The van der Waals surface area contributed by atoms with Crippen LogP contribution in [0, 0.1) is 40.9 Å². The standard InChI is InChI=1S/C20H22FN3O4.C17H17ClFNO3.C15H14FN3O2.C12H15FO3.C5H3ClFN.C4H9O.C2HF3O.C2H6.B16.K/c1-20(2,3)28-18(25)8-13-6-7-14(9-15(13)21)27-17-10-16(22-11-23-17)24-19(26)12-4-5-12;1-17(2,3)23-16(21)8-11-4-5-12(9-14(11)19)22-13-6-7-20-15(18)10-13;16-12-7-10(3-4-13(12)17)21-11-5-6-18-14(8-11)19-15(20)9-1-2-9;1-12(2,3)16-11(15)6-8-4-5-9(14)7-10(8)13;6-5-3-4(7)1-2-8-5;1-4(2,3)5;3-2(4,5)1-6;1-2;1-10(2)14(9)16(13(7)8)15(11(3)4)12(5)6;/h6-7,9-12H,4-5,8H2,1-3H3,(H,22,23,24,26);4-7,9-10H,8H2,1-3H3;3-9H,1-2,17H2,(H,18,19,20);4-5,7,14H,6H2,1-3H3;1-3H;1-3H3;1H;1-2H3;;/q;;;;;-1;;;;+1/i;;;;;;;1D;;. The molecule has 10 rings (SSSR count). The molecule has 4 aromatic carbocycles. The summed E-state index contributed by atoms with van der Waals surface area (Å²) in [6.45, 7) is 23.0. The number of esters is 3. The molecule has 2 amide bonds. The molecule has 126 heavy (non-hydrogen) atoms. The van der Waals surface area contributed by atoms with Crippen LogP contribution in [0.25, 0.3) is 0 Å². The summed E-state index contributed by atoms with van der Waals surface area (Å²) in [4.78, 5) is 86.6. The number of halogens is 10. The average Bonchev–Trinajstić information content (AvgIpc) is 1.85. The van der Waals surface area contributed by atoms with Crippen LogP contribution in [0.1, 0.15) is 141 Å². The molecule has 0 bridgehead atoms. The molecule has 638 valence electrons. The van der Waals surface area contributed by atoms with Gasteiger partial charge < -0.3 is 55.0 Å². The Balaban J connectivity index is 0.000000754. The number of phenolic OH excluding ortho intramolecular Hbond substituents is 1. The number of carbonyl (C=O) groups is 6. The fourth-order valence-electron chi connectivity index (χ4n) is 9.49. The first kappa shape index (κ1) is 114. The summed E-state index contributed by atoms with van der Waals surface area (Å²) in [6, 6.07) is 26.6. The van der Waals surface area contributed by atoms with Crippen LogP contribution in [-0.4, -0.2) is 209 Å². The quantitative estimate of drug-likeness (QED) is 0.00943. The third kappa shape index (κ3) is 51.9. The van der Waals surface area contributed by atoms with E-state index in [1.807, 2.05) is 0 Å². The number of phenols is 1. The molecule has 2 fully saturated rings. The third-order valence-electron chi connectivity index (χ3n) is 15.0. The zero-order valence-electron chi connectivity index (χ0n) is 73.3. The van der Waals surface area contributed by atoms with E-state index in [2.05, 4.69) is 35.6 Å². The van der Waals surface area contributed by atoms with E-state index in [-0.39, 0.29) is 150 Å². The van der Waals surface area contributed by atoms with Crippen molar-refractivity contribution in [3.63, 3.8) is 0 Å². The van der Waals surface area contributed by atoms with Crippen molar-refractivity contribution in [1.29, 1.82) is 0 Å². The molecule has 0 aliphatic heterocycles. The predicted molar refractivity (Wildman–Crippen MR) is 483 cm³/mol. The van der Waals surface area contributed by atoms with Gasteiger partial charge in [0.15, 0.2) is 0 Å². The summed E-state index contributed by atoms with van der Waals surface area (Å²) in [5.41, 5.74) is 3.59. The SMILES string of the molecule is CC(C)(C)OC(=O)Cc1ccc(O)cc1F.CC(C)(C)OC(=O)Cc1ccc(Oc2cc(NC(=O)C3CC3)ncn2)cc1F.CC(C)(C)OC(=O)Cc1ccc(Oc2ccnc(Cl)c2)cc1F.CC(C)(C)[O-].Fc1ccnc(Cl)c1.Nc1ccc(Oc2ccnc(NC(=O)C3CC3)c2)cc1F.O=CC(F)(F)F.[2H]CC.[B]B([B])B([B])B(B([B])[B])B(B([B])[B])B([B])[B].[K+]. The number of anilines is 3. The fraction of sp³-hybridized carbons (Fsp3) is 0.364. The summed E-state index contributed by atoms with van der Waals surface area (Å²) in [5.74, 6) is -1.56. The van der Waals surface area contributed by atoms with Crippen molar-refractivity contribution in [3.05, 3.63) is 196 Å². The van der Waals surface area contributed by atoms with Gasteiger partial charge >= 0.3 is 75.5 Å². The number of alkyl halides is 3. The predicted octanol–water partition coefficient (Wildman–Crippen LogP) is 8.25. The van der Waals surface area contributed by atoms with Crippen molar-refractivity contribution in [3.8, 4) is 40.4 Å². The second kappa shape index (κ2) is 55.8. The number of aromatic nitrogens is 5. The van der Waals surface area contributed by atoms with Crippen molar-refractivity contribution in [2.45, 2.75) is 170 Å². The molecule has 5 N–H and O–H groups in total. The van der Waals surface area contributed by atoms with Crippen molar-refractivity contribution in [2.75, 3.05) is 16.4 Å². The Bertz CT molecular complexity index is 4770. The van der Waals surface area contributed by atoms with Crippen LogP contribution in [0.15, 0.2) is 140 Å². The number of benzene rings is 4. The number of hydrogen-bond acceptors (Lipinski definition) is 20. The summed E-state index contributed by atoms with van der Waals surface area (Å²) in [7, 11) is 50.4. The second-order valence-electron chi connectivity index (χ2n) is 31.1. The van der Waals surface area contributed by atoms with Crippen LogP contribution < -0.4 is 87.1 Å². The maximum Gasteiger partial charge on any atom is 1.00 e. The first-order chi connectivity index (χ1) is 58.3. The monoisotopic (exact) mass is 1790 g/mol. The van der Waals surface area contributed by atoms with E-state index in [4.69, 9.17) is 138 Å². The van der Waals surface area contributed by atoms with E-state index in [1.165, 1.54) is 97.7 Å². The first-order valence-electron chi connectivity index (χ1n) is 38.9. The van der Waals surface area contributed by atoms with Gasteiger partial charge in [0.25, 0.3) is 0 Å². The van der Waals surface area contributed by atoms with Gasteiger partial charge in [-0.25, -0.2) is 46.9 Å². The molecular weight excluding hydrogens is 1700 g/mol. The molecule has 0 atom stereocenters. The van der Waals surface area contributed by atoms with E-state index in [0.717, 1.165) is 37.8 Å². The molecule has 22 nitrogen and oxygen atoms in total. The van der Waals surface area contributed by atoms with Gasteiger partial charge in [-0.3, -0.25) is 28.8 Å². The maximum atomic E-state index is 14.3. The molecular formula is C77H87B16Cl2F8KN8O14. The van der Waals surface area contributed by atoms with Crippen LogP contribution in [-0.2, 0) is 62.2 Å². The van der Waals surface area contributed by atoms with Crippen LogP contribution in [0.2, 0.25) is 10.3 Å². The van der Waals surface area contributed by atoms with Gasteiger partial charge in [0, 0.05) is 195 Å². The minimum absolute atomic E-state index is 0. The van der Waals surface area contributed by atoms with E-state index in [1.54, 1.807) is 120 Å². The largest absolute Gasteiger partial charge is 1.00 e. The molecule has 8 aromatic rings. The molecule has 0 unspecified atom stereocenters. The van der Waals surface area contributed by atoms with Gasteiger partial charge in [-0.15, -0.1) is 5.60 Å². The minimum atomic E-state index is -4.64. The Morgan fingerprint density at radius 1 is 0.508 bits per heavy atom. The molecule has 18 radical (unpaired) electrons. The van der Waals surface area contributed by atoms with Gasteiger partial charge in [-0.2, -0.15) is 13.2 Å². The first-order valence-corrected chi connectivity index (χ1v) is 38.9. The number of rotatable bonds is 22. The number of nitrogen functional groups attached to an aromatic ring is 1. The van der Waals surface area contributed by atoms with Crippen LogP contribution in [0.5, 0.6) is 40.4 Å². The van der Waals surface area contributed by atoms with Crippen LogP contribution >= 0.6 is 23.2 Å². The molecule has 0 saturated heterocycles. The Hall–Kier alpha value is -7.91. The zero-order chi connectivity index (χ0) is 95.9. The minimum Gasteiger partial charge on any atom is -0.850 e. The number of hydrogen-bond donors (Lipinski definition) is 4. The molecule has 4 heterocycles. The number of amides is 2. The molecule has 0 spiro atoms. The maximum absolute atomic E-state index is 14.3. The van der Waals surface area contributed by atoms with E-state index >= 15 is 0 Å². The van der Waals surface area contributed by atoms with Crippen LogP contribution in [0.3, 0.4) is 0 Å². The summed E-state index contributed by atoms with van der Waals surface area (Å²) < 4.78 is 137. The molecule has 49 heteroatoms. The van der Waals surface area contributed by atoms with E-state index in [9.17, 15) is 64.2 Å². The smallest absolute Gasteiger partial charge is 0.850 e. The third-order valence-corrected chi connectivity index (χ3v) is 15.4. The molecule has 2 saturated carbocycles. The summed E-state index contributed by atoms with van der Waals surface area (Å²) in [6.07, 6.45) is -1.97. The number of ether oxygens (including phenoxy) is 6. The summed E-state index contributed by atoms with van der Waals surface area (Å²) >= 11 is 11.1. The Morgan fingerprint density at radius 2 is 0.857 bits per heavy atom. The van der Waals surface area contributed by atoms with Crippen LogP contribution in [0.4, 0.5) is 52.4 Å². The number of nitrogens with one attached hydrogen (secondary N) is 2. The van der Waals surface area contributed by atoms with Crippen molar-refractivity contribution in [1.82, 2.24) is 24.9 Å². The second-order valence-corrected chi connectivity index (χ2v) is 31.9. The average molecular weight is 1780 g/mol. The fourth-order valence-corrected chi connectivity index (χ4v) is 9.81. The van der Waals surface area contributed by atoms with Crippen molar-refractivity contribution in [2.24, 2.45) is 11.8 Å². The Kier molecular flexibility index (Phi) is 50.6. The topological polar surface area (TPSA) is 316 Å². The number of nitrogens with zero attached hydrogens (tertiary/aromatic N) is 5. The van der Waals surface area contributed by atoms with Crippen molar-refractivity contribution >= 4 is 191 Å². The number of nitrogens with two attached hydrogens (primary N) is 1. The number of carbonyl (C=O) groups excluding carboxylic acids is 6. The normalized spacial score (nSPS) is 11.7. The Labute approximate surface area is 799 Å². The zero-order valence-corrected chi connectivity index (χ0v) is 76.9. The number of pyridine rings is 3. The molecule has 2 aliphatic carbocycles. The number of aldehydes is 1. The van der Waals surface area contributed by atoms with Gasteiger partial charge in [-0.05, 0) is 153 Å². The van der Waals surface area contributed by atoms with E-state index < -0.39 is 121 Å². The summed E-state index contributed by atoms with van der Waals surface area (Å²) in [5, 5.41) is 25.0. The van der Waals surface area contributed by atoms with Gasteiger partial charge in [0.1, 0.15) is 109 Å². The van der Waals surface area contributed by atoms with Gasteiger partial charge in [-0.1, -0.05) is 76.0 Å². The molecule has 2 aliphatic rings.